The van der Waals surface area contributed by atoms with Crippen LogP contribution in [-0.4, -0.2) is 19.2 Å². The van der Waals surface area contributed by atoms with Gasteiger partial charge in [0, 0.05) is 10.7 Å². The molecule has 1 aromatic rings. The second-order valence-corrected chi connectivity index (χ2v) is 7.92. The molecule has 1 heterocycles. The van der Waals surface area contributed by atoms with E-state index in [1.165, 1.54) is 12.6 Å². The molecule has 106 valence electrons. The Labute approximate surface area is 127 Å². The maximum absolute atomic E-state index is 12.1. The number of sulfonamides is 1. The molecule has 0 aromatic carbocycles. The first-order valence-electron chi connectivity index (χ1n) is 6.28. The Morgan fingerprint density at radius 1 is 1.37 bits per heavy atom. The van der Waals surface area contributed by atoms with Crippen molar-refractivity contribution in [1.29, 1.82) is 0 Å². The predicted molar refractivity (Wildman–Crippen MR) is 80.9 cm³/mol. The van der Waals surface area contributed by atoms with Gasteiger partial charge in [0.25, 0.3) is 0 Å². The number of anilines is 1. The molecule has 0 amide bonds. The van der Waals surface area contributed by atoms with Gasteiger partial charge >= 0.3 is 0 Å². The lowest BCUT2D eigenvalue weighted by Gasteiger charge is -2.21. The van der Waals surface area contributed by atoms with E-state index in [1.54, 1.807) is 6.07 Å². The third-order valence-corrected chi connectivity index (χ3v) is 5.43. The Balaban J connectivity index is 2.05. The molecule has 1 fully saturated rings. The summed E-state index contributed by atoms with van der Waals surface area (Å²) in [4.78, 5) is 3.90. The number of nitrogens with one attached hydrogen (secondary N) is 1. The molecule has 0 saturated heterocycles. The van der Waals surface area contributed by atoms with Gasteiger partial charge in [0.15, 0.2) is 5.15 Å². The molecule has 1 aromatic heterocycles. The highest BCUT2D eigenvalue weighted by Gasteiger charge is 2.22. The van der Waals surface area contributed by atoms with Crippen molar-refractivity contribution in [3.63, 3.8) is 0 Å². The van der Waals surface area contributed by atoms with E-state index in [-0.39, 0.29) is 16.8 Å². The average molecular weight is 368 g/mol. The highest BCUT2D eigenvalue weighted by molar-refractivity contribution is 9.10. The van der Waals surface area contributed by atoms with E-state index in [0.29, 0.717) is 10.2 Å². The van der Waals surface area contributed by atoms with E-state index in [2.05, 4.69) is 25.6 Å². The van der Waals surface area contributed by atoms with Crippen molar-refractivity contribution < 1.29 is 8.42 Å². The normalized spacial score (nSPS) is 17.4. The van der Waals surface area contributed by atoms with Crippen LogP contribution in [-0.2, 0) is 10.0 Å². The molecular weight excluding hydrogens is 352 g/mol. The molecule has 0 aliphatic heterocycles. The molecular formula is C12H16BrClN2O2S. The molecule has 1 aliphatic carbocycles. The molecule has 1 aliphatic rings. The van der Waals surface area contributed by atoms with Crippen LogP contribution in [0.5, 0.6) is 0 Å². The predicted octanol–water partition coefficient (Wildman–Crippen LogP) is 3.82. The summed E-state index contributed by atoms with van der Waals surface area (Å²) in [6, 6.07) is 1.62. The number of pyridine rings is 1. The van der Waals surface area contributed by atoms with Crippen LogP contribution >= 0.6 is 27.5 Å². The van der Waals surface area contributed by atoms with Crippen molar-refractivity contribution in [2.24, 2.45) is 5.92 Å². The number of rotatable bonds is 4. The monoisotopic (exact) mass is 366 g/mol. The van der Waals surface area contributed by atoms with Gasteiger partial charge in [-0.25, -0.2) is 13.4 Å². The quantitative estimate of drug-likeness (QED) is 0.823. The first kappa shape index (κ1) is 15.1. The largest absolute Gasteiger partial charge is 0.280 e. The summed E-state index contributed by atoms with van der Waals surface area (Å²) in [5, 5.41) is 0.162. The molecule has 0 bridgehead atoms. The van der Waals surface area contributed by atoms with E-state index in [9.17, 15) is 8.42 Å². The number of hydrogen-bond acceptors (Lipinski definition) is 3. The van der Waals surface area contributed by atoms with Crippen LogP contribution in [0.4, 0.5) is 5.69 Å². The van der Waals surface area contributed by atoms with Crippen LogP contribution in [0.2, 0.25) is 5.15 Å². The van der Waals surface area contributed by atoms with Gasteiger partial charge in [0.05, 0.1) is 11.4 Å². The standard InChI is InChI=1S/C12H16BrClN2O2S/c13-10-6-11(12(14)15-7-10)16-19(17,18)8-9-4-2-1-3-5-9/h6-7,9,16H,1-5,8H2. The first-order chi connectivity index (χ1) is 8.96. The number of hydrogen-bond donors (Lipinski definition) is 1. The van der Waals surface area contributed by atoms with Gasteiger partial charge in [-0.2, -0.15) is 0 Å². The molecule has 4 nitrogen and oxygen atoms in total. The molecule has 7 heteroatoms. The molecule has 19 heavy (non-hydrogen) atoms. The van der Waals surface area contributed by atoms with Crippen LogP contribution in [0.3, 0.4) is 0 Å². The summed E-state index contributed by atoms with van der Waals surface area (Å²) in [5.41, 5.74) is 0.326. The smallest absolute Gasteiger partial charge is 0.233 e. The SMILES string of the molecule is O=S(=O)(CC1CCCCC1)Nc1cc(Br)cnc1Cl. The summed E-state index contributed by atoms with van der Waals surface area (Å²) in [7, 11) is -3.37. The van der Waals surface area contributed by atoms with Crippen molar-refractivity contribution in [3.8, 4) is 0 Å². The summed E-state index contributed by atoms with van der Waals surface area (Å²) in [6.07, 6.45) is 6.97. The third-order valence-electron chi connectivity index (χ3n) is 3.25. The second kappa shape index (κ2) is 6.41. The first-order valence-corrected chi connectivity index (χ1v) is 9.10. The lowest BCUT2D eigenvalue weighted by atomic mass is 9.91. The Hall–Kier alpha value is -0.330. The van der Waals surface area contributed by atoms with Crippen LogP contribution in [0, 0.1) is 5.92 Å². The van der Waals surface area contributed by atoms with Gasteiger partial charge in [-0.15, -0.1) is 0 Å². The second-order valence-electron chi connectivity index (χ2n) is 4.88. The zero-order valence-corrected chi connectivity index (χ0v) is 13.6. The molecule has 1 N–H and O–H groups in total. The molecule has 0 spiro atoms. The molecule has 0 atom stereocenters. The van der Waals surface area contributed by atoms with E-state index >= 15 is 0 Å². The molecule has 2 rings (SSSR count). The number of aromatic nitrogens is 1. The van der Waals surface area contributed by atoms with Gasteiger partial charge in [-0.1, -0.05) is 30.9 Å². The van der Waals surface area contributed by atoms with Crippen molar-refractivity contribution in [1.82, 2.24) is 4.98 Å². The lowest BCUT2D eigenvalue weighted by molar-refractivity contribution is 0.385. The van der Waals surface area contributed by atoms with Crippen LogP contribution in [0.1, 0.15) is 32.1 Å². The maximum Gasteiger partial charge on any atom is 0.233 e. The maximum atomic E-state index is 12.1. The fourth-order valence-corrected chi connectivity index (χ4v) is 4.43. The summed E-state index contributed by atoms with van der Waals surface area (Å²) < 4.78 is 27.4. The minimum atomic E-state index is -3.37. The topological polar surface area (TPSA) is 59.1 Å². The van der Waals surface area contributed by atoms with Gasteiger partial charge in [-0.3, -0.25) is 4.72 Å². The zero-order chi connectivity index (χ0) is 13.9. The van der Waals surface area contributed by atoms with Gasteiger partial charge < -0.3 is 0 Å². The number of halogens is 2. The van der Waals surface area contributed by atoms with E-state index in [0.717, 1.165) is 25.7 Å². The summed E-state index contributed by atoms with van der Waals surface area (Å²) >= 11 is 9.13. The third kappa shape index (κ3) is 4.61. The van der Waals surface area contributed by atoms with E-state index in [4.69, 9.17) is 11.6 Å². The van der Waals surface area contributed by atoms with Crippen LogP contribution in [0.25, 0.3) is 0 Å². The van der Waals surface area contributed by atoms with Gasteiger partial charge in [0.2, 0.25) is 10.0 Å². The minimum absolute atomic E-state index is 0.162. The minimum Gasteiger partial charge on any atom is -0.280 e. The Bertz CT molecular complexity index is 545. The Morgan fingerprint density at radius 2 is 2.05 bits per heavy atom. The van der Waals surface area contributed by atoms with Crippen molar-refractivity contribution in [2.45, 2.75) is 32.1 Å². The highest BCUT2D eigenvalue weighted by Crippen LogP contribution is 2.27. The Kier molecular flexibility index (Phi) is 5.09. The molecule has 0 radical (unpaired) electrons. The van der Waals surface area contributed by atoms with E-state index < -0.39 is 10.0 Å². The molecule has 1 saturated carbocycles. The highest BCUT2D eigenvalue weighted by atomic mass is 79.9. The average Bonchev–Trinajstić information content (AvgIpc) is 2.34. The van der Waals surface area contributed by atoms with Crippen LogP contribution in [0.15, 0.2) is 16.7 Å². The summed E-state index contributed by atoms with van der Waals surface area (Å²) in [6.45, 7) is 0. The fourth-order valence-electron chi connectivity index (χ4n) is 2.37. The van der Waals surface area contributed by atoms with Crippen molar-refractivity contribution in [2.75, 3.05) is 10.5 Å². The lowest BCUT2D eigenvalue weighted by Crippen LogP contribution is -2.24. The molecule has 0 unspecified atom stereocenters. The zero-order valence-electron chi connectivity index (χ0n) is 10.4. The summed E-state index contributed by atoms with van der Waals surface area (Å²) in [5.74, 6) is 0.417. The fraction of sp³-hybridized carbons (Fsp3) is 0.583. The Morgan fingerprint density at radius 3 is 2.74 bits per heavy atom. The van der Waals surface area contributed by atoms with Gasteiger partial charge in [-0.05, 0) is 40.8 Å². The van der Waals surface area contributed by atoms with Crippen molar-refractivity contribution in [3.05, 3.63) is 21.9 Å². The van der Waals surface area contributed by atoms with Crippen molar-refractivity contribution >= 4 is 43.2 Å². The van der Waals surface area contributed by atoms with E-state index in [1.807, 2.05) is 0 Å². The van der Waals surface area contributed by atoms with Crippen LogP contribution < -0.4 is 4.72 Å². The van der Waals surface area contributed by atoms with Gasteiger partial charge in [0.1, 0.15) is 0 Å². The number of nitrogens with zero attached hydrogens (tertiary/aromatic N) is 1.